The second kappa shape index (κ2) is 7.41. The van der Waals surface area contributed by atoms with Crippen molar-refractivity contribution in [1.82, 2.24) is 0 Å². The van der Waals surface area contributed by atoms with E-state index in [-0.39, 0.29) is 18.0 Å². The lowest BCUT2D eigenvalue weighted by Gasteiger charge is -2.15. The van der Waals surface area contributed by atoms with Gasteiger partial charge in [0, 0.05) is 18.1 Å². The molecule has 1 aromatic rings. The van der Waals surface area contributed by atoms with E-state index in [1.54, 1.807) is 6.07 Å². The van der Waals surface area contributed by atoms with Gasteiger partial charge in [-0.3, -0.25) is 14.9 Å². The first-order chi connectivity index (χ1) is 10.9. The number of nitro groups is 1. The van der Waals surface area contributed by atoms with Crippen LogP contribution in [-0.2, 0) is 11.2 Å². The van der Waals surface area contributed by atoms with Crippen molar-refractivity contribution in [3.63, 3.8) is 0 Å². The molecule has 0 spiro atoms. The number of hydrogen-bond donors (Lipinski definition) is 2. The van der Waals surface area contributed by atoms with Gasteiger partial charge in [0.1, 0.15) is 5.75 Å². The summed E-state index contributed by atoms with van der Waals surface area (Å²) in [5.74, 6) is -0.272. The highest BCUT2D eigenvalue weighted by molar-refractivity contribution is 5.66. The summed E-state index contributed by atoms with van der Waals surface area (Å²) >= 11 is 0. The zero-order valence-electron chi connectivity index (χ0n) is 13.0. The van der Waals surface area contributed by atoms with E-state index in [1.165, 1.54) is 13.2 Å². The van der Waals surface area contributed by atoms with Crippen LogP contribution in [0.4, 0.5) is 5.69 Å². The van der Waals surface area contributed by atoms with Crippen LogP contribution in [0.15, 0.2) is 12.1 Å². The Hall–Kier alpha value is -2.15. The Labute approximate surface area is 134 Å². The molecule has 1 fully saturated rings. The molecule has 0 aliphatic heterocycles. The number of ether oxygens (including phenoxy) is 1. The molecule has 1 aromatic carbocycles. The highest BCUT2D eigenvalue weighted by atomic mass is 16.6. The van der Waals surface area contributed by atoms with Crippen LogP contribution in [0.1, 0.15) is 49.3 Å². The first kappa shape index (κ1) is 17.2. The molecular formula is C16H21NO6. The molecule has 0 saturated heterocycles. The van der Waals surface area contributed by atoms with Crippen LogP contribution in [-0.4, -0.2) is 28.2 Å². The number of hydrogen-bond acceptors (Lipinski definition) is 5. The maximum absolute atomic E-state index is 11.3. The fourth-order valence-electron chi connectivity index (χ4n) is 2.67. The largest absolute Gasteiger partial charge is 0.496 e. The zero-order valence-corrected chi connectivity index (χ0v) is 13.0. The number of carbonyl (C=O) groups is 1. The average Bonchev–Trinajstić information content (AvgIpc) is 3.34. The lowest BCUT2D eigenvalue weighted by molar-refractivity contribution is -0.386. The Kier molecular flexibility index (Phi) is 5.54. The molecule has 0 bridgehead atoms. The number of methoxy groups -OCH3 is 1. The number of nitro benzene ring substituents is 1. The molecule has 2 rings (SSSR count). The standard InChI is InChI=1S/C16H21NO6/c1-23-14-9-12(16(20)10-6-7-10)13(17(21)22)8-11(14)4-2-3-5-15(18)19/h8-10,16,20H,2-7H2,1H3,(H,18,19). The fourth-order valence-corrected chi connectivity index (χ4v) is 2.67. The molecule has 7 heteroatoms. The van der Waals surface area contributed by atoms with E-state index in [0.717, 1.165) is 12.8 Å². The second-order valence-electron chi connectivity index (χ2n) is 5.86. The van der Waals surface area contributed by atoms with Crippen molar-refractivity contribution in [2.24, 2.45) is 5.92 Å². The van der Waals surface area contributed by atoms with Gasteiger partial charge in [0.15, 0.2) is 0 Å². The van der Waals surface area contributed by atoms with E-state index >= 15 is 0 Å². The predicted octanol–water partition coefficient (Wildman–Crippen LogP) is 2.84. The molecule has 7 nitrogen and oxygen atoms in total. The Morgan fingerprint density at radius 1 is 1.43 bits per heavy atom. The number of aliphatic hydroxyl groups is 1. The van der Waals surface area contributed by atoms with Crippen LogP contribution in [0.2, 0.25) is 0 Å². The third-order valence-electron chi connectivity index (χ3n) is 4.10. The summed E-state index contributed by atoms with van der Waals surface area (Å²) in [5, 5.41) is 30.2. The third-order valence-corrected chi connectivity index (χ3v) is 4.10. The number of aliphatic hydroxyl groups excluding tert-OH is 1. The third kappa shape index (κ3) is 4.41. The SMILES string of the molecule is COc1cc(C(O)C2CC2)c([N+](=O)[O-])cc1CCCCC(=O)O. The minimum Gasteiger partial charge on any atom is -0.496 e. The molecule has 23 heavy (non-hydrogen) atoms. The highest BCUT2D eigenvalue weighted by Crippen LogP contribution is 2.45. The van der Waals surface area contributed by atoms with Gasteiger partial charge in [-0.05, 0) is 44.1 Å². The smallest absolute Gasteiger partial charge is 0.303 e. The fraction of sp³-hybridized carbons (Fsp3) is 0.562. The first-order valence-corrected chi connectivity index (χ1v) is 7.69. The normalized spacial score (nSPS) is 15.2. The van der Waals surface area contributed by atoms with Crippen LogP contribution in [0, 0.1) is 16.0 Å². The number of carboxylic acid groups (broad SMARTS) is 1. The van der Waals surface area contributed by atoms with Crippen LogP contribution in [0.3, 0.4) is 0 Å². The molecule has 0 amide bonds. The van der Waals surface area contributed by atoms with Crippen molar-refractivity contribution in [2.45, 2.75) is 44.6 Å². The van der Waals surface area contributed by atoms with E-state index in [0.29, 0.717) is 36.1 Å². The lowest BCUT2D eigenvalue weighted by atomic mass is 9.97. The summed E-state index contributed by atoms with van der Waals surface area (Å²) in [7, 11) is 1.48. The quantitative estimate of drug-likeness (QED) is 0.411. The Morgan fingerprint density at radius 2 is 2.13 bits per heavy atom. The van der Waals surface area contributed by atoms with Gasteiger partial charge in [0.2, 0.25) is 0 Å². The van der Waals surface area contributed by atoms with E-state index < -0.39 is 17.0 Å². The van der Waals surface area contributed by atoms with Crippen molar-refractivity contribution in [3.05, 3.63) is 33.4 Å². The maximum atomic E-state index is 11.3. The summed E-state index contributed by atoms with van der Waals surface area (Å²) in [6.07, 6.45) is 2.57. The van der Waals surface area contributed by atoms with Gasteiger partial charge >= 0.3 is 5.97 Å². The summed E-state index contributed by atoms with van der Waals surface area (Å²) in [6, 6.07) is 2.99. The molecule has 1 atom stereocenters. The van der Waals surface area contributed by atoms with Gasteiger partial charge < -0.3 is 14.9 Å². The molecule has 1 saturated carbocycles. The molecule has 0 radical (unpaired) electrons. The summed E-state index contributed by atoms with van der Waals surface area (Å²) < 4.78 is 5.30. The molecule has 126 valence electrons. The average molecular weight is 323 g/mol. The molecule has 2 N–H and O–H groups in total. The molecule has 0 heterocycles. The number of nitrogens with zero attached hydrogens (tertiary/aromatic N) is 1. The van der Waals surface area contributed by atoms with Gasteiger partial charge in [0.05, 0.1) is 23.7 Å². The number of rotatable bonds is 9. The number of carboxylic acids is 1. The molecule has 1 unspecified atom stereocenters. The van der Waals surface area contributed by atoms with Gasteiger partial charge in [-0.15, -0.1) is 0 Å². The predicted molar refractivity (Wildman–Crippen MR) is 82.5 cm³/mol. The maximum Gasteiger partial charge on any atom is 0.303 e. The van der Waals surface area contributed by atoms with E-state index in [4.69, 9.17) is 9.84 Å². The van der Waals surface area contributed by atoms with Crippen LogP contribution in [0.5, 0.6) is 5.75 Å². The van der Waals surface area contributed by atoms with E-state index in [2.05, 4.69) is 0 Å². The van der Waals surface area contributed by atoms with E-state index in [9.17, 15) is 20.0 Å². The molecule has 0 aromatic heterocycles. The number of aliphatic carboxylic acids is 1. The minimum absolute atomic E-state index is 0.0723. The van der Waals surface area contributed by atoms with Gasteiger partial charge in [-0.2, -0.15) is 0 Å². The van der Waals surface area contributed by atoms with E-state index in [1.807, 2.05) is 0 Å². The Morgan fingerprint density at radius 3 is 2.65 bits per heavy atom. The van der Waals surface area contributed by atoms with Crippen LogP contribution in [0.25, 0.3) is 0 Å². The Balaban J connectivity index is 2.22. The Bertz CT molecular complexity index is 596. The number of benzene rings is 1. The van der Waals surface area contributed by atoms with Crippen molar-refractivity contribution in [2.75, 3.05) is 7.11 Å². The van der Waals surface area contributed by atoms with Crippen molar-refractivity contribution in [3.8, 4) is 5.75 Å². The topological polar surface area (TPSA) is 110 Å². The second-order valence-corrected chi connectivity index (χ2v) is 5.86. The minimum atomic E-state index is -0.856. The van der Waals surface area contributed by atoms with Crippen molar-refractivity contribution in [1.29, 1.82) is 0 Å². The summed E-state index contributed by atoms with van der Waals surface area (Å²) in [6.45, 7) is 0. The monoisotopic (exact) mass is 323 g/mol. The van der Waals surface area contributed by atoms with Crippen molar-refractivity contribution < 1.29 is 24.7 Å². The van der Waals surface area contributed by atoms with Gasteiger partial charge in [0.25, 0.3) is 5.69 Å². The first-order valence-electron chi connectivity index (χ1n) is 7.69. The lowest BCUT2D eigenvalue weighted by Crippen LogP contribution is -2.06. The van der Waals surface area contributed by atoms with Crippen LogP contribution < -0.4 is 4.74 Å². The number of unbranched alkanes of at least 4 members (excludes halogenated alkanes) is 1. The molecule has 1 aliphatic carbocycles. The van der Waals surface area contributed by atoms with Gasteiger partial charge in [-0.25, -0.2) is 0 Å². The number of aryl methyl sites for hydroxylation is 1. The summed E-state index contributed by atoms with van der Waals surface area (Å²) in [5.41, 5.74) is 0.860. The van der Waals surface area contributed by atoms with Crippen molar-refractivity contribution >= 4 is 11.7 Å². The molecule has 1 aliphatic rings. The highest BCUT2D eigenvalue weighted by Gasteiger charge is 2.35. The summed E-state index contributed by atoms with van der Waals surface area (Å²) in [4.78, 5) is 21.4. The zero-order chi connectivity index (χ0) is 17.0. The molecular weight excluding hydrogens is 302 g/mol. The van der Waals surface area contributed by atoms with Crippen LogP contribution >= 0.6 is 0 Å². The van der Waals surface area contributed by atoms with Gasteiger partial charge in [-0.1, -0.05) is 0 Å².